The highest BCUT2D eigenvalue weighted by molar-refractivity contribution is 5.83. The highest BCUT2D eigenvalue weighted by Gasteiger charge is 2.53. The molecule has 0 unspecified atom stereocenters. The van der Waals surface area contributed by atoms with E-state index >= 15 is 0 Å². The summed E-state index contributed by atoms with van der Waals surface area (Å²) < 4.78 is 6.25. The Kier molecular flexibility index (Phi) is 3.64. The van der Waals surface area contributed by atoms with Crippen LogP contribution in [-0.2, 0) is 9.53 Å². The molecule has 2 saturated carbocycles. The Morgan fingerprint density at radius 1 is 1.29 bits per heavy atom. The Labute approximate surface area is 128 Å². The number of rotatable bonds is 1. The average Bonchev–Trinajstić information content (AvgIpc) is 2.86. The first-order valence-corrected chi connectivity index (χ1v) is 8.36. The number of fused-ring (bicyclic) bond motifs is 2. The van der Waals surface area contributed by atoms with Gasteiger partial charge in [-0.15, -0.1) is 6.58 Å². The van der Waals surface area contributed by atoms with Gasteiger partial charge in [-0.2, -0.15) is 0 Å². The quantitative estimate of drug-likeness (QED) is 0.677. The van der Waals surface area contributed by atoms with Crippen LogP contribution in [0.15, 0.2) is 24.8 Å². The molecule has 3 fully saturated rings. The predicted octanol–water partition coefficient (Wildman–Crippen LogP) is 4.16. The van der Waals surface area contributed by atoms with Crippen LogP contribution < -0.4 is 0 Å². The van der Waals surface area contributed by atoms with Crippen molar-refractivity contribution in [2.24, 2.45) is 29.6 Å². The molecule has 2 nitrogen and oxygen atoms in total. The second kappa shape index (κ2) is 5.08. The molecule has 0 amide bonds. The highest BCUT2D eigenvalue weighted by atomic mass is 16.5. The molecule has 0 spiro atoms. The van der Waals surface area contributed by atoms with Gasteiger partial charge in [0.1, 0.15) is 5.78 Å². The molecule has 0 radical (unpaired) electrons. The van der Waals surface area contributed by atoms with Crippen LogP contribution in [-0.4, -0.2) is 17.5 Å². The first-order chi connectivity index (χ1) is 9.85. The maximum atomic E-state index is 12.9. The van der Waals surface area contributed by atoms with Gasteiger partial charge in [0.15, 0.2) is 0 Å². The van der Waals surface area contributed by atoms with Gasteiger partial charge in [0.05, 0.1) is 17.6 Å². The van der Waals surface area contributed by atoms with E-state index in [1.165, 1.54) is 18.4 Å². The second-order valence-corrected chi connectivity index (χ2v) is 7.90. The minimum Gasteiger partial charge on any atom is -0.371 e. The van der Waals surface area contributed by atoms with Crippen LogP contribution >= 0.6 is 0 Å². The Hall–Kier alpha value is -0.890. The summed E-state index contributed by atoms with van der Waals surface area (Å²) in [5.41, 5.74) is 1.02. The lowest BCUT2D eigenvalue weighted by Crippen LogP contribution is -2.36. The molecule has 0 aromatic carbocycles. The van der Waals surface area contributed by atoms with Crippen molar-refractivity contribution >= 4 is 5.78 Å². The lowest BCUT2D eigenvalue weighted by atomic mass is 9.70. The minimum atomic E-state index is -0.294. The number of carbonyl (C=O) groups is 1. The van der Waals surface area contributed by atoms with Gasteiger partial charge in [-0.25, -0.2) is 0 Å². The summed E-state index contributed by atoms with van der Waals surface area (Å²) in [6.45, 7) is 14.8. The van der Waals surface area contributed by atoms with Gasteiger partial charge < -0.3 is 4.74 Å². The second-order valence-electron chi connectivity index (χ2n) is 7.90. The van der Waals surface area contributed by atoms with E-state index in [0.717, 1.165) is 6.42 Å². The third kappa shape index (κ3) is 2.32. The molecule has 2 heteroatoms. The Balaban J connectivity index is 1.93. The Morgan fingerprint density at radius 3 is 2.67 bits per heavy atom. The van der Waals surface area contributed by atoms with Gasteiger partial charge in [0, 0.05) is 12.3 Å². The van der Waals surface area contributed by atoms with E-state index in [0.29, 0.717) is 30.0 Å². The van der Waals surface area contributed by atoms with E-state index in [9.17, 15) is 4.79 Å². The maximum Gasteiger partial charge on any atom is 0.139 e. The van der Waals surface area contributed by atoms with Crippen molar-refractivity contribution in [3.05, 3.63) is 24.8 Å². The molecule has 21 heavy (non-hydrogen) atoms. The highest BCUT2D eigenvalue weighted by Crippen LogP contribution is 2.51. The molecule has 0 aromatic heterocycles. The summed E-state index contributed by atoms with van der Waals surface area (Å²) >= 11 is 0. The average molecular weight is 288 g/mol. The van der Waals surface area contributed by atoms with Gasteiger partial charge >= 0.3 is 0 Å². The van der Waals surface area contributed by atoms with Crippen LogP contribution in [0.1, 0.15) is 46.5 Å². The van der Waals surface area contributed by atoms with E-state index in [1.807, 2.05) is 6.08 Å². The number of hydrogen-bond donors (Lipinski definition) is 0. The van der Waals surface area contributed by atoms with Gasteiger partial charge in [-0.05, 0) is 50.9 Å². The monoisotopic (exact) mass is 288 g/mol. The van der Waals surface area contributed by atoms with E-state index in [2.05, 4.69) is 33.9 Å². The molecule has 116 valence electrons. The van der Waals surface area contributed by atoms with Gasteiger partial charge in [0.25, 0.3) is 0 Å². The fourth-order valence-corrected chi connectivity index (χ4v) is 5.11. The first-order valence-electron chi connectivity index (χ1n) is 8.36. The zero-order valence-electron chi connectivity index (χ0n) is 13.6. The minimum absolute atomic E-state index is 0.000133. The number of ketones is 1. The molecular weight excluding hydrogens is 260 g/mol. The van der Waals surface area contributed by atoms with Crippen molar-refractivity contribution in [2.45, 2.75) is 58.2 Å². The SMILES string of the molecule is C=C[C@@H]1[C@H]2C(=O)C[C@H]3[C@H](C)CC[C@H]3C(=C)C[C@@H]2OC1(C)C. The largest absolute Gasteiger partial charge is 0.371 e. The molecule has 1 aliphatic heterocycles. The molecule has 3 aliphatic rings. The third-order valence-corrected chi connectivity index (χ3v) is 6.28. The molecule has 0 aromatic rings. The Morgan fingerprint density at radius 2 is 2.00 bits per heavy atom. The van der Waals surface area contributed by atoms with Gasteiger partial charge in [-0.3, -0.25) is 4.79 Å². The summed E-state index contributed by atoms with van der Waals surface area (Å²) in [6.07, 6.45) is 5.91. The molecule has 3 rings (SSSR count). The fourth-order valence-electron chi connectivity index (χ4n) is 5.11. The molecular formula is C19H28O2. The van der Waals surface area contributed by atoms with Crippen molar-refractivity contribution in [1.82, 2.24) is 0 Å². The van der Waals surface area contributed by atoms with Crippen LogP contribution in [0.4, 0.5) is 0 Å². The number of Topliss-reactive ketones (excluding diaryl/α,β-unsaturated/α-hetero) is 1. The summed E-state index contributed by atoms with van der Waals surface area (Å²) in [7, 11) is 0. The smallest absolute Gasteiger partial charge is 0.139 e. The lowest BCUT2D eigenvalue weighted by molar-refractivity contribution is -0.127. The normalized spacial score (nSPS) is 45.7. The molecule has 2 aliphatic carbocycles. The summed E-state index contributed by atoms with van der Waals surface area (Å²) in [6, 6.07) is 0. The number of hydrogen-bond acceptors (Lipinski definition) is 2. The van der Waals surface area contributed by atoms with Crippen molar-refractivity contribution in [3.63, 3.8) is 0 Å². The zero-order chi connectivity index (χ0) is 15.4. The van der Waals surface area contributed by atoms with E-state index in [1.54, 1.807) is 0 Å². The van der Waals surface area contributed by atoms with Crippen molar-refractivity contribution in [1.29, 1.82) is 0 Å². The lowest BCUT2D eigenvalue weighted by Gasteiger charge is -2.32. The molecule has 0 bridgehead atoms. The summed E-state index contributed by atoms with van der Waals surface area (Å²) in [5.74, 6) is 2.16. The summed E-state index contributed by atoms with van der Waals surface area (Å²) in [4.78, 5) is 12.9. The van der Waals surface area contributed by atoms with E-state index < -0.39 is 0 Å². The summed E-state index contributed by atoms with van der Waals surface area (Å²) in [5, 5.41) is 0. The third-order valence-electron chi connectivity index (χ3n) is 6.28. The topological polar surface area (TPSA) is 26.3 Å². The van der Waals surface area contributed by atoms with Crippen LogP contribution in [0.3, 0.4) is 0 Å². The van der Waals surface area contributed by atoms with Crippen LogP contribution in [0, 0.1) is 29.6 Å². The molecule has 1 saturated heterocycles. The first kappa shape index (κ1) is 15.0. The van der Waals surface area contributed by atoms with Crippen molar-refractivity contribution in [3.8, 4) is 0 Å². The fraction of sp³-hybridized carbons (Fsp3) is 0.737. The van der Waals surface area contributed by atoms with Crippen molar-refractivity contribution < 1.29 is 9.53 Å². The van der Waals surface area contributed by atoms with Crippen LogP contribution in [0.5, 0.6) is 0 Å². The number of carbonyl (C=O) groups excluding carboxylic acids is 1. The molecule has 6 atom stereocenters. The van der Waals surface area contributed by atoms with Crippen molar-refractivity contribution in [2.75, 3.05) is 0 Å². The van der Waals surface area contributed by atoms with Gasteiger partial charge in [0.2, 0.25) is 0 Å². The standard InChI is InChI=1S/C19H28O2/c1-6-15-18-16(20)10-14-11(2)7-8-13(14)12(3)9-17(18)21-19(15,4)5/h6,11,13-15,17-18H,1,3,7-10H2,2,4-5H3/t11-,13+,14+,15-,17+,18+/m1/s1. The van der Waals surface area contributed by atoms with E-state index in [-0.39, 0.29) is 23.5 Å². The predicted molar refractivity (Wildman–Crippen MR) is 84.9 cm³/mol. The molecule has 1 heterocycles. The van der Waals surface area contributed by atoms with Crippen LogP contribution in [0.2, 0.25) is 0 Å². The number of ether oxygens (including phenoxy) is 1. The Bertz CT molecular complexity index is 476. The molecule has 0 N–H and O–H groups in total. The van der Waals surface area contributed by atoms with Gasteiger partial charge in [-0.1, -0.05) is 25.2 Å². The van der Waals surface area contributed by atoms with E-state index in [4.69, 9.17) is 4.74 Å². The zero-order valence-corrected chi connectivity index (χ0v) is 13.6. The van der Waals surface area contributed by atoms with Crippen LogP contribution in [0.25, 0.3) is 0 Å². The maximum absolute atomic E-state index is 12.9.